The van der Waals surface area contributed by atoms with Gasteiger partial charge in [-0.3, -0.25) is 0 Å². The molecule has 1 aliphatic rings. The molecule has 77 valence electrons. The van der Waals surface area contributed by atoms with Crippen molar-refractivity contribution in [1.29, 1.82) is 0 Å². The quantitative estimate of drug-likeness (QED) is 0.657. The first-order chi connectivity index (χ1) is 7.18. The average Bonchev–Trinajstić information content (AvgIpc) is 2.23. The Morgan fingerprint density at radius 2 is 1.80 bits per heavy atom. The van der Waals surface area contributed by atoms with Gasteiger partial charge in [-0.2, -0.15) is 0 Å². The zero-order chi connectivity index (χ0) is 10.8. The SMILES string of the molecule is ClC1=C(c2ccc(Cl)c(Cl)c2)C=CC[CH]1. The number of allylic oxidation sites excluding steroid dienone is 4. The van der Waals surface area contributed by atoms with Crippen LogP contribution in [0.1, 0.15) is 12.0 Å². The molecule has 3 heteroatoms. The van der Waals surface area contributed by atoms with Crippen LogP contribution in [0.2, 0.25) is 10.0 Å². The lowest BCUT2D eigenvalue weighted by molar-refractivity contribution is 1.25. The van der Waals surface area contributed by atoms with E-state index in [0.29, 0.717) is 10.0 Å². The minimum Gasteiger partial charge on any atom is -0.0881 e. The van der Waals surface area contributed by atoms with Gasteiger partial charge in [0.1, 0.15) is 0 Å². The second-order valence-electron chi connectivity index (χ2n) is 3.23. The number of hydrogen-bond donors (Lipinski definition) is 0. The first-order valence-electron chi connectivity index (χ1n) is 4.53. The Hall–Kier alpha value is -0.430. The average molecular weight is 259 g/mol. The highest BCUT2D eigenvalue weighted by Crippen LogP contribution is 2.32. The Labute approximate surface area is 104 Å². The van der Waals surface area contributed by atoms with E-state index in [1.54, 1.807) is 6.07 Å². The van der Waals surface area contributed by atoms with Gasteiger partial charge in [0.2, 0.25) is 0 Å². The Morgan fingerprint density at radius 3 is 2.47 bits per heavy atom. The Kier molecular flexibility index (Phi) is 3.40. The van der Waals surface area contributed by atoms with Crippen LogP contribution in [0.3, 0.4) is 0 Å². The smallest absolute Gasteiger partial charge is 0.0598 e. The third-order valence-electron chi connectivity index (χ3n) is 2.21. The summed E-state index contributed by atoms with van der Waals surface area (Å²) in [6.45, 7) is 0. The van der Waals surface area contributed by atoms with Crippen molar-refractivity contribution in [2.75, 3.05) is 0 Å². The van der Waals surface area contributed by atoms with Crippen molar-refractivity contribution in [3.63, 3.8) is 0 Å². The molecule has 0 saturated heterocycles. The van der Waals surface area contributed by atoms with Crippen LogP contribution in [0.25, 0.3) is 5.57 Å². The van der Waals surface area contributed by atoms with Gasteiger partial charge in [0.05, 0.1) is 10.0 Å². The van der Waals surface area contributed by atoms with Gasteiger partial charge >= 0.3 is 0 Å². The predicted molar refractivity (Wildman–Crippen MR) is 67.3 cm³/mol. The van der Waals surface area contributed by atoms with Crippen LogP contribution >= 0.6 is 34.8 Å². The molecule has 0 spiro atoms. The first kappa shape index (κ1) is 11.1. The van der Waals surface area contributed by atoms with Crippen LogP contribution in [-0.4, -0.2) is 0 Å². The van der Waals surface area contributed by atoms with Crippen molar-refractivity contribution in [3.05, 3.63) is 57.4 Å². The van der Waals surface area contributed by atoms with E-state index in [0.717, 1.165) is 22.6 Å². The molecule has 0 saturated carbocycles. The van der Waals surface area contributed by atoms with Crippen LogP contribution in [0.4, 0.5) is 0 Å². The minimum absolute atomic E-state index is 0.546. The van der Waals surface area contributed by atoms with E-state index in [4.69, 9.17) is 34.8 Å². The summed E-state index contributed by atoms with van der Waals surface area (Å²) in [5.74, 6) is 0. The lowest BCUT2D eigenvalue weighted by Crippen LogP contribution is -1.90. The highest BCUT2D eigenvalue weighted by molar-refractivity contribution is 6.42. The second kappa shape index (κ2) is 4.61. The van der Waals surface area contributed by atoms with Crippen LogP contribution in [0.15, 0.2) is 35.4 Å². The van der Waals surface area contributed by atoms with E-state index in [1.165, 1.54) is 0 Å². The molecule has 0 nitrogen and oxygen atoms in total. The van der Waals surface area contributed by atoms with Gasteiger partial charge in [-0.15, -0.1) is 0 Å². The Bertz CT molecular complexity index is 444. The highest BCUT2D eigenvalue weighted by Gasteiger charge is 2.09. The maximum absolute atomic E-state index is 6.11. The lowest BCUT2D eigenvalue weighted by atomic mass is 9.99. The largest absolute Gasteiger partial charge is 0.0881 e. The van der Waals surface area contributed by atoms with E-state index in [2.05, 4.69) is 6.08 Å². The summed E-state index contributed by atoms with van der Waals surface area (Å²) in [5.41, 5.74) is 1.98. The van der Waals surface area contributed by atoms with Crippen LogP contribution in [-0.2, 0) is 0 Å². The van der Waals surface area contributed by atoms with Gasteiger partial charge in [0.25, 0.3) is 0 Å². The molecule has 0 fully saturated rings. The van der Waals surface area contributed by atoms with E-state index in [9.17, 15) is 0 Å². The summed E-state index contributed by atoms with van der Waals surface area (Å²) < 4.78 is 0. The van der Waals surface area contributed by atoms with Gasteiger partial charge < -0.3 is 0 Å². The Morgan fingerprint density at radius 1 is 1.00 bits per heavy atom. The number of hydrogen-bond acceptors (Lipinski definition) is 0. The van der Waals surface area contributed by atoms with E-state index >= 15 is 0 Å². The molecule has 0 atom stereocenters. The molecule has 1 aliphatic carbocycles. The zero-order valence-electron chi connectivity index (χ0n) is 7.81. The van der Waals surface area contributed by atoms with Crippen LogP contribution in [0, 0.1) is 6.42 Å². The number of halogens is 3. The van der Waals surface area contributed by atoms with Crippen molar-refractivity contribution in [1.82, 2.24) is 0 Å². The first-order valence-corrected chi connectivity index (χ1v) is 5.67. The van der Waals surface area contributed by atoms with Crippen molar-refractivity contribution in [2.45, 2.75) is 6.42 Å². The molecule has 0 bridgehead atoms. The molecule has 2 rings (SSSR count). The fourth-order valence-corrected chi connectivity index (χ4v) is 2.00. The van der Waals surface area contributed by atoms with Gasteiger partial charge in [-0.25, -0.2) is 0 Å². The molecule has 0 unspecified atom stereocenters. The van der Waals surface area contributed by atoms with E-state index in [-0.39, 0.29) is 0 Å². The standard InChI is InChI=1S/C12H8Cl3/c13-10-4-2-1-3-9(10)8-5-6-11(14)12(15)7-8/h1,3-7H,2H2. The van der Waals surface area contributed by atoms with Crippen molar-refractivity contribution in [3.8, 4) is 0 Å². The van der Waals surface area contributed by atoms with Crippen LogP contribution < -0.4 is 0 Å². The maximum Gasteiger partial charge on any atom is 0.0598 e. The molecular weight excluding hydrogens is 250 g/mol. The summed E-state index contributed by atoms with van der Waals surface area (Å²) in [4.78, 5) is 0. The maximum atomic E-state index is 6.11. The monoisotopic (exact) mass is 257 g/mol. The fourth-order valence-electron chi connectivity index (χ4n) is 1.44. The zero-order valence-corrected chi connectivity index (χ0v) is 10.1. The van der Waals surface area contributed by atoms with Gasteiger partial charge in [0, 0.05) is 11.5 Å². The van der Waals surface area contributed by atoms with Gasteiger partial charge in [0.15, 0.2) is 0 Å². The van der Waals surface area contributed by atoms with Gasteiger partial charge in [-0.1, -0.05) is 53.0 Å². The summed E-state index contributed by atoms with van der Waals surface area (Å²) in [5, 5.41) is 1.86. The summed E-state index contributed by atoms with van der Waals surface area (Å²) in [6.07, 6.45) is 6.91. The lowest BCUT2D eigenvalue weighted by Gasteiger charge is -2.11. The molecular formula is C12H8Cl3. The highest BCUT2D eigenvalue weighted by atomic mass is 35.5. The molecule has 0 heterocycles. The Balaban J connectivity index is 2.46. The molecule has 0 amide bonds. The summed E-state index contributed by atoms with van der Waals surface area (Å²) >= 11 is 17.9. The number of benzene rings is 1. The molecule has 1 radical (unpaired) electrons. The van der Waals surface area contributed by atoms with Crippen LogP contribution in [0.5, 0.6) is 0 Å². The summed E-state index contributed by atoms with van der Waals surface area (Å²) in [7, 11) is 0. The van der Waals surface area contributed by atoms with E-state index < -0.39 is 0 Å². The summed E-state index contributed by atoms with van der Waals surface area (Å²) in [6, 6.07) is 5.51. The molecule has 15 heavy (non-hydrogen) atoms. The van der Waals surface area contributed by atoms with Crippen molar-refractivity contribution in [2.24, 2.45) is 0 Å². The molecule has 1 aromatic rings. The van der Waals surface area contributed by atoms with Crippen molar-refractivity contribution >= 4 is 40.4 Å². The number of rotatable bonds is 1. The van der Waals surface area contributed by atoms with Crippen molar-refractivity contribution < 1.29 is 0 Å². The third-order valence-corrected chi connectivity index (χ3v) is 3.30. The fraction of sp³-hybridized carbons (Fsp3) is 0.0833. The van der Waals surface area contributed by atoms with E-state index in [1.807, 2.05) is 24.6 Å². The second-order valence-corrected chi connectivity index (χ2v) is 4.45. The third kappa shape index (κ3) is 2.39. The molecule has 1 aromatic carbocycles. The molecule has 0 aliphatic heterocycles. The normalized spacial score (nSPS) is 15.9. The topological polar surface area (TPSA) is 0 Å². The molecule has 0 N–H and O–H groups in total. The minimum atomic E-state index is 0.546. The van der Waals surface area contributed by atoms with Gasteiger partial charge in [-0.05, 0) is 29.7 Å². The molecule has 0 aromatic heterocycles. The predicted octanol–water partition coefficient (Wildman–Crippen LogP) is 5.11.